The van der Waals surface area contributed by atoms with E-state index in [0.717, 1.165) is 6.54 Å². The number of hydrogen-bond donors (Lipinski definition) is 1. The maximum Gasteiger partial charge on any atom is 0.304 e. The van der Waals surface area contributed by atoms with Gasteiger partial charge in [0.15, 0.2) is 0 Å². The van der Waals surface area contributed by atoms with E-state index in [0.29, 0.717) is 12.6 Å². The van der Waals surface area contributed by atoms with Gasteiger partial charge >= 0.3 is 5.97 Å². The van der Waals surface area contributed by atoms with Crippen molar-refractivity contribution in [3.63, 3.8) is 0 Å². The van der Waals surface area contributed by atoms with Crippen LogP contribution in [0.2, 0.25) is 0 Å². The van der Waals surface area contributed by atoms with Crippen LogP contribution in [0, 0.1) is 13.8 Å². The van der Waals surface area contributed by atoms with Gasteiger partial charge in [-0.25, -0.2) is 0 Å². The van der Waals surface area contributed by atoms with Gasteiger partial charge in [-0.15, -0.1) is 0 Å². The summed E-state index contributed by atoms with van der Waals surface area (Å²) < 4.78 is 0. The lowest BCUT2D eigenvalue weighted by Gasteiger charge is -2.22. The van der Waals surface area contributed by atoms with Crippen molar-refractivity contribution in [1.82, 2.24) is 4.90 Å². The number of benzene rings is 1. The third-order valence-electron chi connectivity index (χ3n) is 3.77. The molecule has 0 atom stereocenters. The van der Waals surface area contributed by atoms with E-state index in [1.54, 1.807) is 0 Å². The van der Waals surface area contributed by atoms with E-state index in [9.17, 15) is 4.79 Å². The molecule has 1 aromatic rings. The third-order valence-corrected chi connectivity index (χ3v) is 3.77. The summed E-state index contributed by atoms with van der Waals surface area (Å²) in [6.07, 6.45) is 2.66. The molecule has 1 saturated carbocycles. The zero-order valence-electron chi connectivity index (χ0n) is 11.1. The van der Waals surface area contributed by atoms with Crippen molar-refractivity contribution in [2.45, 2.75) is 45.7 Å². The van der Waals surface area contributed by atoms with Crippen LogP contribution in [0.5, 0.6) is 0 Å². The highest BCUT2D eigenvalue weighted by Gasteiger charge is 2.29. The molecular formula is C15H21NO2. The summed E-state index contributed by atoms with van der Waals surface area (Å²) in [5, 5.41) is 8.80. The highest BCUT2D eigenvalue weighted by atomic mass is 16.4. The maximum atomic E-state index is 10.7. The molecule has 18 heavy (non-hydrogen) atoms. The lowest BCUT2D eigenvalue weighted by atomic mass is 10.0. The van der Waals surface area contributed by atoms with Crippen LogP contribution in [-0.4, -0.2) is 28.6 Å². The average molecular weight is 247 g/mol. The van der Waals surface area contributed by atoms with Gasteiger partial charge in [-0.1, -0.05) is 18.2 Å². The fraction of sp³-hybridized carbons (Fsp3) is 0.533. The molecule has 0 amide bonds. The van der Waals surface area contributed by atoms with E-state index in [1.165, 1.54) is 29.5 Å². The van der Waals surface area contributed by atoms with Crippen LogP contribution < -0.4 is 0 Å². The number of carbonyl (C=O) groups is 1. The van der Waals surface area contributed by atoms with Crippen molar-refractivity contribution in [1.29, 1.82) is 0 Å². The van der Waals surface area contributed by atoms with Gasteiger partial charge < -0.3 is 5.11 Å². The Hall–Kier alpha value is -1.35. The summed E-state index contributed by atoms with van der Waals surface area (Å²) in [7, 11) is 0. The van der Waals surface area contributed by atoms with Gasteiger partial charge in [0, 0.05) is 19.1 Å². The fourth-order valence-electron chi connectivity index (χ4n) is 2.27. The molecule has 1 aliphatic rings. The van der Waals surface area contributed by atoms with Gasteiger partial charge in [0.05, 0.1) is 6.42 Å². The summed E-state index contributed by atoms with van der Waals surface area (Å²) in [5.74, 6) is -0.707. The van der Waals surface area contributed by atoms with Gasteiger partial charge in [0.1, 0.15) is 0 Å². The average Bonchev–Trinajstić information content (AvgIpc) is 3.13. The van der Waals surface area contributed by atoms with Crippen molar-refractivity contribution >= 4 is 5.97 Å². The Bertz CT molecular complexity index is 438. The number of hydrogen-bond acceptors (Lipinski definition) is 2. The van der Waals surface area contributed by atoms with Crippen molar-refractivity contribution in [2.75, 3.05) is 6.54 Å². The summed E-state index contributed by atoms with van der Waals surface area (Å²) in [6.45, 7) is 5.81. The van der Waals surface area contributed by atoms with Crippen LogP contribution in [0.3, 0.4) is 0 Å². The second-order valence-electron chi connectivity index (χ2n) is 5.20. The number of carboxylic acid groups (broad SMARTS) is 1. The number of aliphatic carboxylic acids is 1. The molecule has 0 aliphatic heterocycles. The molecular weight excluding hydrogens is 226 g/mol. The zero-order valence-corrected chi connectivity index (χ0v) is 11.1. The lowest BCUT2D eigenvalue weighted by molar-refractivity contribution is -0.137. The Labute approximate surface area is 108 Å². The van der Waals surface area contributed by atoms with Gasteiger partial charge in [-0.3, -0.25) is 9.69 Å². The standard InChI is InChI=1S/C15H21NO2/c1-11-4-3-5-13(12(11)2)10-16(14-6-7-14)9-8-15(17)18/h3-5,14H,6-10H2,1-2H3,(H,17,18). The number of aryl methyl sites for hydroxylation is 1. The third kappa shape index (κ3) is 3.33. The topological polar surface area (TPSA) is 40.5 Å². The minimum atomic E-state index is -0.707. The first-order valence-electron chi connectivity index (χ1n) is 6.59. The minimum Gasteiger partial charge on any atom is -0.481 e. The van der Waals surface area contributed by atoms with E-state index < -0.39 is 5.97 Å². The first kappa shape index (κ1) is 13.1. The monoisotopic (exact) mass is 247 g/mol. The van der Waals surface area contributed by atoms with Crippen molar-refractivity contribution in [3.8, 4) is 0 Å². The van der Waals surface area contributed by atoms with Crippen molar-refractivity contribution < 1.29 is 9.90 Å². The van der Waals surface area contributed by atoms with E-state index in [1.807, 2.05) is 0 Å². The van der Waals surface area contributed by atoms with E-state index in [2.05, 4.69) is 36.9 Å². The lowest BCUT2D eigenvalue weighted by Crippen LogP contribution is -2.28. The predicted octanol–water partition coefficient (Wildman–Crippen LogP) is 2.74. The Balaban J connectivity index is 2.04. The summed E-state index contributed by atoms with van der Waals surface area (Å²) in [4.78, 5) is 13.0. The highest BCUT2D eigenvalue weighted by Crippen LogP contribution is 2.29. The van der Waals surface area contributed by atoms with Gasteiger partial charge in [0.2, 0.25) is 0 Å². The minimum absolute atomic E-state index is 0.237. The Kier molecular flexibility index (Phi) is 4.02. The molecule has 0 unspecified atom stereocenters. The number of carboxylic acids is 1. The molecule has 1 aromatic carbocycles. The van der Waals surface area contributed by atoms with E-state index in [-0.39, 0.29) is 6.42 Å². The van der Waals surface area contributed by atoms with Crippen LogP contribution >= 0.6 is 0 Å². The van der Waals surface area contributed by atoms with Crippen molar-refractivity contribution in [2.24, 2.45) is 0 Å². The second-order valence-corrected chi connectivity index (χ2v) is 5.20. The molecule has 1 aliphatic carbocycles. The predicted molar refractivity (Wildman–Crippen MR) is 71.6 cm³/mol. The molecule has 0 heterocycles. The molecule has 0 radical (unpaired) electrons. The Morgan fingerprint density at radius 3 is 2.72 bits per heavy atom. The largest absolute Gasteiger partial charge is 0.481 e. The van der Waals surface area contributed by atoms with Gasteiger partial charge in [-0.05, 0) is 43.4 Å². The van der Waals surface area contributed by atoms with Crippen LogP contribution in [0.4, 0.5) is 0 Å². The normalized spacial score (nSPS) is 15.1. The fourth-order valence-corrected chi connectivity index (χ4v) is 2.27. The number of nitrogens with zero attached hydrogens (tertiary/aromatic N) is 1. The van der Waals surface area contributed by atoms with E-state index in [4.69, 9.17) is 5.11 Å². The molecule has 0 spiro atoms. The molecule has 3 heteroatoms. The molecule has 1 fully saturated rings. The van der Waals surface area contributed by atoms with E-state index >= 15 is 0 Å². The van der Waals surface area contributed by atoms with Crippen LogP contribution in [-0.2, 0) is 11.3 Å². The molecule has 2 rings (SSSR count). The Morgan fingerprint density at radius 2 is 2.11 bits per heavy atom. The maximum absolute atomic E-state index is 10.7. The first-order chi connectivity index (χ1) is 8.58. The van der Waals surface area contributed by atoms with Gasteiger partial charge in [0.25, 0.3) is 0 Å². The summed E-state index contributed by atoms with van der Waals surface area (Å²) in [5.41, 5.74) is 3.97. The molecule has 0 bridgehead atoms. The molecule has 0 aromatic heterocycles. The summed E-state index contributed by atoms with van der Waals surface area (Å²) in [6, 6.07) is 6.96. The molecule has 1 N–H and O–H groups in total. The SMILES string of the molecule is Cc1cccc(CN(CCC(=O)O)C2CC2)c1C. The van der Waals surface area contributed by atoms with Gasteiger partial charge in [-0.2, -0.15) is 0 Å². The Morgan fingerprint density at radius 1 is 1.39 bits per heavy atom. The van der Waals surface area contributed by atoms with Crippen molar-refractivity contribution in [3.05, 3.63) is 34.9 Å². The second kappa shape index (κ2) is 5.53. The smallest absolute Gasteiger partial charge is 0.304 e. The first-order valence-corrected chi connectivity index (χ1v) is 6.59. The van der Waals surface area contributed by atoms with Crippen LogP contribution in [0.15, 0.2) is 18.2 Å². The number of rotatable bonds is 6. The zero-order chi connectivity index (χ0) is 13.1. The highest BCUT2D eigenvalue weighted by molar-refractivity contribution is 5.66. The summed E-state index contributed by atoms with van der Waals surface area (Å²) >= 11 is 0. The van der Waals surface area contributed by atoms with Crippen LogP contribution in [0.25, 0.3) is 0 Å². The molecule has 98 valence electrons. The molecule has 0 saturated heterocycles. The quantitative estimate of drug-likeness (QED) is 0.840. The molecule has 3 nitrogen and oxygen atoms in total. The van der Waals surface area contributed by atoms with Crippen LogP contribution in [0.1, 0.15) is 36.0 Å².